The molecule has 5 rings (SSSR count). The van der Waals surface area contributed by atoms with Gasteiger partial charge in [-0.05, 0) is 47.2 Å². The van der Waals surface area contributed by atoms with Gasteiger partial charge in [0.2, 0.25) is 12.4 Å². The Morgan fingerprint density at radius 1 is 0.513 bits per heavy atom. The standard InChI is InChI=1S/C25H6F10N4/c26-10-3-16-20(18(4-10)25(33,34)35)12-6-13-11(5-14(12)22(16)39-8-37)19-15(21(13)38-7-36)1-9(23(27,28)29)2-17(19)24(30,31)32/h1-6H/b38-21-,39-22-. The Morgan fingerprint density at radius 2 is 0.949 bits per heavy atom. The fourth-order valence-corrected chi connectivity index (χ4v) is 4.85. The van der Waals surface area contributed by atoms with Gasteiger partial charge in [-0.3, -0.25) is 0 Å². The van der Waals surface area contributed by atoms with Crippen molar-refractivity contribution < 1.29 is 43.9 Å². The molecule has 0 N–H and O–H groups in total. The molecule has 196 valence electrons. The SMILES string of the molecule is N#C/N=c1/c2cc3c(cc2c2c(C(F)(F)F)cc(F)cc12)/c(=N/C#N)c1cc(C(F)(F)F)cc(C(F)(F)F)c13. The van der Waals surface area contributed by atoms with Gasteiger partial charge >= 0.3 is 18.5 Å². The van der Waals surface area contributed by atoms with E-state index in [9.17, 15) is 43.9 Å². The molecule has 14 heteroatoms. The van der Waals surface area contributed by atoms with Gasteiger partial charge in [0.25, 0.3) is 0 Å². The van der Waals surface area contributed by atoms with Crippen LogP contribution in [0, 0.1) is 28.7 Å². The number of hydrogen-bond donors (Lipinski definition) is 0. The second-order valence-corrected chi connectivity index (χ2v) is 8.38. The van der Waals surface area contributed by atoms with E-state index in [1.54, 1.807) is 0 Å². The van der Waals surface area contributed by atoms with Crippen molar-refractivity contribution in [2.45, 2.75) is 18.5 Å². The summed E-state index contributed by atoms with van der Waals surface area (Å²) in [5, 5.41) is 13.1. The number of rotatable bonds is 0. The molecule has 5 aromatic carbocycles. The molecule has 0 saturated heterocycles. The summed E-state index contributed by atoms with van der Waals surface area (Å²) < 4.78 is 138. The highest BCUT2D eigenvalue weighted by Gasteiger charge is 2.40. The predicted octanol–water partition coefficient (Wildman–Crippen LogP) is 7.13. The summed E-state index contributed by atoms with van der Waals surface area (Å²) in [4.78, 5) is 6.86. The van der Waals surface area contributed by atoms with E-state index in [1.807, 2.05) is 0 Å². The van der Waals surface area contributed by atoms with E-state index in [0.29, 0.717) is 12.1 Å². The Balaban J connectivity index is 2.16. The average Bonchev–Trinajstić information content (AvgIpc) is 3.27. The van der Waals surface area contributed by atoms with Gasteiger partial charge in [-0.15, -0.1) is 0 Å². The van der Waals surface area contributed by atoms with Crippen LogP contribution >= 0.6 is 0 Å². The summed E-state index contributed by atoms with van der Waals surface area (Å²) >= 11 is 0. The van der Waals surface area contributed by atoms with Crippen LogP contribution in [0.15, 0.2) is 46.4 Å². The van der Waals surface area contributed by atoms with Crippen LogP contribution in [0.5, 0.6) is 0 Å². The number of fused-ring (bicyclic) bond motifs is 6. The lowest BCUT2D eigenvalue weighted by Crippen LogP contribution is -2.12. The molecular weight excluding hydrogens is 546 g/mol. The maximum Gasteiger partial charge on any atom is 0.417 e. The van der Waals surface area contributed by atoms with Gasteiger partial charge in [0, 0.05) is 32.3 Å². The molecule has 0 aliphatic carbocycles. The highest BCUT2D eigenvalue weighted by Crippen LogP contribution is 2.44. The summed E-state index contributed by atoms with van der Waals surface area (Å²) in [6, 6.07) is 2.92. The van der Waals surface area contributed by atoms with Crippen LogP contribution < -0.4 is 10.7 Å². The maximum absolute atomic E-state index is 14.2. The van der Waals surface area contributed by atoms with Crippen molar-refractivity contribution in [3.05, 3.63) is 69.6 Å². The van der Waals surface area contributed by atoms with Crippen molar-refractivity contribution in [2.24, 2.45) is 9.98 Å². The highest BCUT2D eigenvalue weighted by atomic mass is 19.4. The van der Waals surface area contributed by atoms with Crippen molar-refractivity contribution in [1.29, 1.82) is 10.5 Å². The molecule has 0 atom stereocenters. The summed E-state index contributed by atoms with van der Waals surface area (Å²) in [6.07, 6.45) is -13.0. The van der Waals surface area contributed by atoms with Crippen molar-refractivity contribution in [3.8, 4) is 12.4 Å². The van der Waals surface area contributed by atoms with E-state index in [4.69, 9.17) is 10.5 Å². The molecule has 0 unspecified atom stereocenters. The smallest absolute Gasteiger partial charge is 0.207 e. The van der Waals surface area contributed by atoms with Gasteiger partial charge in [-0.2, -0.15) is 60.0 Å². The van der Waals surface area contributed by atoms with Crippen LogP contribution in [-0.4, -0.2) is 0 Å². The van der Waals surface area contributed by atoms with Crippen LogP contribution in [0.1, 0.15) is 16.7 Å². The molecule has 4 nitrogen and oxygen atoms in total. The molecule has 0 aliphatic heterocycles. The first kappa shape index (κ1) is 25.9. The second-order valence-electron chi connectivity index (χ2n) is 8.38. The Morgan fingerprint density at radius 3 is 1.36 bits per heavy atom. The minimum Gasteiger partial charge on any atom is -0.207 e. The topological polar surface area (TPSA) is 72.3 Å². The summed E-state index contributed by atoms with van der Waals surface area (Å²) in [6.45, 7) is 0. The fourth-order valence-electron chi connectivity index (χ4n) is 4.85. The van der Waals surface area contributed by atoms with E-state index in [1.165, 1.54) is 12.4 Å². The minimum absolute atomic E-state index is 0.124. The predicted molar refractivity (Wildman–Crippen MR) is 116 cm³/mol. The molecule has 0 bridgehead atoms. The van der Waals surface area contributed by atoms with E-state index in [0.717, 1.165) is 12.1 Å². The van der Waals surface area contributed by atoms with Crippen LogP contribution in [0.25, 0.3) is 43.1 Å². The zero-order chi connectivity index (χ0) is 28.7. The molecule has 0 spiro atoms. The lowest BCUT2D eigenvalue weighted by atomic mass is 10.0. The lowest BCUT2D eigenvalue weighted by molar-refractivity contribution is -0.142. The van der Waals surface area contributed by atoms with Gasteiger partial charge in [0.1, 0.15) is 5.82 Å². The molecule has 0 radical (unpaired) electrons. The molecule has 0 saturated carbocycles. The Bertz CT molecular complexity index is 2060. The van der Waals surface area contributed by atoms with E-state index < -0.39 is 78.7 Å². The molecule has 5 aromatic rings. The monoisotopic (exact) mass is 552 g/mol. The average molecular weight is 552 g/mol. The second kappa shape index (κ2) is 8.14. The highest BCUT2D eigenvalue weighted by molar-refractivity contribution is 6.22. The number of halogens is 10. The Labute approximate surface area is 208 Å². The first-order valence-electron chi connectivity index (χ1n) is 10.4. The van der Waals surface area contributed by atoms with Crippen molar-refractivity contribution in [1.82, 2.24) is 0 Å². The zero-order valence-electron chi connectivity index (χ0n) is 18.5. The summed E-state index contributed by atoms with van der Waals surface area (Å²) in [5.74, 6) is -1.33. The Hall–Kier alpha value is -4.72. The van der Waals surface area contributed by atoms with E-state index in [-0.39, 0.29) is 28.3 Å². The summed E-state index contributed by atoms with van der Waals surface area (Å²) in [5.41, 5.74) is -4.90. The van der Waals surface area contributed by atoms with Gasteiger partial charge in [0.15, 0.2) is 0 Å². The van der Waals surface area contributed by atoms with Crippen LogP contribution in [0.2, 0.25) is 0 Å². The first-order valence-corrected chi connectivity index (χ1v) is 10.4. The van der Waals surface area contributed by atoms with Crippen LogP contribution in [-0.2, 0) is 18.5 Å². The number of nitriles is 2. The molecule has 0 amide bonds. The van der Waals surface area contributed by atoms with Gasteiger partial charge in [-0.1, -0.05) is 0 Å². The third-order valence-corrected chi connectivity index (χ3v) is 6.22. The number of benzene rings is 3. The number of alkyl halides is 9. The minimum atomic E-state index is -5.33. The normalized spacial score (nSPS) is 14.2. The zero-order valence-corrected chi connectivity index (χ0v) is 18.5. The third-order valence-electron chi connectivity index (χ3n) is 6.22. The molecule has 0 fully saturated rings. The first-order chi connectivity index (χ1) is 18.1. The van der Waals surface area contributed by atoms with Gasteiger partial charge < -0.3 is 0 Å². The van der Waals surface area contributed by atoms with Gasteiger partial charge in [-0.25, -0.2) is 4.39 Å². The molecule has 0 heterocycles. The molecule has 0 aromatic heterocycles. The molecule has 39 heavy (non-hydrogen) atoms. The number of hydrogen-bond acceptors (Lipinski definition) is 4. The van der Waals surface area contributed by atoms with E-state index in [2.05, 4.69) is 9.98 Å². The van der Waals surface area contributed by atoms with Crippen LogP contribution in [0.4, 0.5) is 43.9 Å². The number of nitrogens with zero attached hydrogens (tertiary/aromatic N) is 4. The quantitative estimate of drug-likeness (QED) is 0.151. The third kappa shape index (κ3) is 3.91. The van der Waals surface area contributed by atoms with Crippen LogP contribution in [0.3, 0.4) is 0 Å². The largest absolute Gasteiger partial charge is 0.417 e. The maximum atomic E-state index is 14.2. The van der Waals surface area contributed by atoms with Crippen molar-refractivity contribution in [3.63, 3.8) is 0 Å². The molecular formula is C25H6F10N4. The van der Waals surface area contributed by atoms with Crippen molar-refractivity contribution in [2.75, 3.05) is 0 Å². The molecule has 0 aliphatic rings. The van der Waals surface area contributed by atoms with E-state index >= 15 is 0 Å². The summed E-state index contributed by atoms with van der Waals surface area (Å²) in [7, 11) is 0. The lowest BCUT2D eigenvalue weighted by Gasteiger charge is -2.13. The van der Waals surface area contributed by atoms with Gasteiger partial charge in [0.05, 0.1) is 27.4 Å². The Kier molecular flexibility index (Phi) is 5.41. The fraction of sp³-hybridized carbons (Fsp3) is 0.120. The van der Waals surface area contributed by atoms with Crippen molar-refractivity contribution >= 4 is 43.1 Å².